The summed E-state index contributed by atoms with van der Waals surface area (Å²) in [6, 6.07) is 4.00. The number of amides is 1. The van der Waals surface area contributed by atoms with Crippen molar-refractivity contribution in [2.75, 3.05) is 19.6 Å². The van der Waals surface area contributed by atoms with E-state index in [0.29, 0.717) is 11.5 Å². The molecule has 1 amide bonds. The molecule has 0 radical (unpaired) electrons. The maximum absolute atomic E-state index is 12.9. The third-order valence-corrected chi connectivity index (χ3v) is 6.80. The minimum Gasteiger partial charge on any atom is -0.349 e. The maximum atomic E-state index is 12.9. The Labute approximate surface area is 180 Å². The van der Waals surface area contributed by atoms with Crippen molar-refractivity contribution in [3.05, 3.63) is 42.6 Å². The Morgan fingerprint density at radius 2 is 2.10 bits per heavy atom. The fourth-order valence-electron chi connectivity index (χ4n) is 5.23. The number of imidazole rings is 1. The Morgan fingerprint density at radius 3 is 2.87 bits per heavy atom. The summed E-state index contributed by atoms with van der Waals surface area (Å²) in [6.07, 6.45) is 17.1. The van der Waals surface area contributed by atoms with Gasteiger partial charge in [-0.1, -0.05) is 26.2 Å². The van der Waals surface area contributed by atoms with E-state index in [1.165, 1.54) is 58.0 Å². The second kappa shape index (κ2) is 10.2. The standard InChI is InChI=1S/C24H35N5O/c1-2-6-19-7-5-13-28(16-19)17-21-8-3-4-9-22(21)27-24(30)20-10-11-23(26-15-20)29-14-12-25-18-29/h10-12,14-15,18-19,21-22H,2-9,13,16-17H2,1H3,(H,27,30). The van der Waals surface area contributed by atoms with Gasteiger partial charge in [0.15, 0.2) is 0 Å². The molecule has 4 rings (SSSR count). The van der Waals surface area contributed by atoms with Gasteiger partial charge in [-0.15, -0.1) is 0 Å². The van der Waals surface area contributed by atoms with E-state index in [1.807, 2.05) is 22.9 Å². The summed E-state index contributed by atoms with van der Waals surface area (Å²) in [7, 11) is 0. The summed E-state index contributed by atoms with van der Waals surface area (Å²) in [5.41, 5.74) is 0.629. The number of nitrogens with zero attached hydrogens (tertiary/aromatic N) is 4. The molecule has 1 saturated heterocycles. The summed E-state index contributed by atoms with van der Waals surface area (Å²) in [4.78, 5) is 24.0. The van der Waals surface area contributed by atoms with Crippen LogP contribution in [0, 0.1) is 11.8 Å². The molecule has 1 aliphatic heterocycles. The first-order chi connectivity index (χ1) is 14.7. The van der Waals surface area contributed by atoms with Crippen LogP contribution in [-0.2, 0) is 0 Å². The van der Waals surface area contributed by atoms with Crippen LogP contribution in [0.3, 0.4) is 0 Å². The van der Waals surface area contributed by atoms with Gasteiger partial charge in [-0.25, -0.2) is 9.97 Å². The number of hydrogen-bond acceptors (Lipinski definition) is 4. The molecule has 30 heavy (non-hydrogen) atoms. The SMILES string of the molecule is CCCC1CCCN(CC2CCCCC2NC(=O)c2ccc(-n3ccnc3)nc2)C1. The molecule has 0 aromatic carbocycles. The topological polar surface area (TPSA) is 63.1 Å². The van der Waals surface area contributed by atoms with Crippen molar-refractivity contribution in [3.63, 3.8) is 0 Å². The predicted octanol–water partition coefficient (Wildman–Crippen LogP) is 4.07. The number of piperidine rings is 1. The first-order valence-electron chi connectivity index (χ1n) is 11.7. The van der Waals surface area contributed by atoms with Gasteiger partial charge < -0.3 is 10.2 Å². The van der Waals surface area contributed by atoms with Gasteiger partial charge >= 0.3 is 0 Å². The lowest BCUT2D eigenvalue weighted by Gasteiger charge is -2.39. The highest BCUT2D eigenvalue weighted by Crippen LogP contribution is 2.28. The van der Waals surface area contributed by atoms with Gasteiger partial charge in [-0.05, 0) is 62.6 Å². The van der Waals surface area contributed by atoms with Crippen molar-refractivity contribution in [1.82, 2.24) is 24.8 Å². The van der Waals surface area contributed by atoms with E-state index in [-0.39, 0.29) is 11.9 Å². The highest BCUT2D eigenvalue weighted by molar-refractivity contribution is 5.94. The highest BCUT2D eigenvalue weighted by atomic mass is 16.1. The summed E-state index contributed by atoms with van der Waals surface area (Å²) >= 11 is 0. The van der Waals surface area contributed by atoms with Gasteiger partial charge in [0.05, 0.1) is 5.56 Å². The molecule has 1 saturated carbocycles. The first kappa shape index (κ1) is 21.0. The second-order valence-corrected chi connectivity index (χ2v) is 9.06. The normalized spacial score (nSPS) is 25.2. The summed E-state index contributed by atoms with van der Waals surface area (Å²) < 4.78 is 1.84. The molecule has 1 aliphatic carbocycles. The molecule has 1 N–H and O–H groups in total. The van der Waals surface area contributed by atoms with Crippen LogP contribution in [-0.4, -0.2) is 51.0 Å². The van der Waals surface area contributed by atoms with Crippen LogP contribution in [0.1, 0.15) is 68.6 Å². The number of aromatic nitrogens is 3. The average molecular weight is 410 g/mol. The van der Waals surface area contributed by atoms with Crippen LogP contribution in [0.2, 0.25) is 0 Å². The molecule has 2 aromatic rings. The van der Waals surface area contributed by atoms with Gasteiger partial charge in [0.1, 0.15) is 12.1 Å². The zero-order valence-electron chi connectivity index (χ0n) is 18.2. The molecular weight excluding hydrogens is 374 g/mol. The molecular formula is C24H35N5O. The summed E-state index contributed by atoms with van der Waals surface area (Å²) in [5, 5.41) is 3.34. The van der Waals surface area contributed by atoms with Crippen LogP contribution in [0.15, 0.2) is 37.1 Å². The third kappa shape index (κ3) is 5.28. The monoisotopic (exact) mass is 409 g/mol. The molecule has 2 aromatic heterocycles. The highest BCUT2D eigenvalue weighted by Gasteiger charge is 2.30. The van der Waals surface area contributed by atoms with Gasteiger partial charge in [-0.3, -0.25) is 9.36 Å². The Bertz CT molecular complexity index is 786. The largest absolute Gasteiger partial charge is 0.349 e. The van der Waals surface area contributed by atoms with E-state index in [0.717, 1.165) is 24.7 Å². The van der Waals surface area contributed by atoms with Crippen LogP contribution in [0.4, 0.5) is 0 Å². The number of carbonyl (C=O) groups is 1. The second-order valence-electron chi connectivity index (χ2n) is 9.06. The minimum atomic E-state index is -0.000847. The van der Waals surface area contributed by atoms with Gasteiger partial charge in [0, 0.05) is 37.7 Å². The zero-order valence-corrected chi connectivity index (χ0v) is 18.2. The number of hydrogen-bond donors (Lipinski definition) is 1. The number of pyridine rings is 1. The van der Waals surface area contributed by atoms with E-state index in [2.05, 4.69) is 27.1 Å². The zero-order chi connectivity index (χ0) is 20.8. The molecule has 0 spiro atoms. The third-order valence-electron chi connectivity index (χ3n) is 6.80. The first-order valence-corrected chi connectivity index (χ1v) is 11.7. The van der Waals surface area contributed by atoms with Crippen molar-refractivity contribution in [2.45, 2.75) is 64.3 Å². The van der Waals surface area contributed by atoms with Crippen molar-refractivity contribution >= 4 is 5.91 Å². The van der Waals surface area contributed by atoms with Gasteiger partial charge in [0.25, 0.3) is 5.91 Å². The number of nitrogens with one attached hydrogen (secondary N) is 1. The smallest absolute Gasteiger partial charge is 0.253 e. The molecule has 162 valence electrons. The number of rotatable bonds is 7. The number of carbonyl (C=O) groups excluding carboxylic acids is 1. The van der Waals surface area contributed by atoms with Crippen molar-refractivity contribution in [3.8, 4) is 5.82 Å². The Balaban J connectivity index is 1.35. The maximum Gasteiger partial charge on any atom is 0.253 e. The lowest BCUT2D eigenvalue weighted by Crippen LogP contribution is -2.48. The molecule has 3 heterocycles. The van der Waals surface area contributed by atoms with Crippen LogP contribution in [0.25, 0.3) is 5.82 Å². The molecule has 2 fully saturated rings. The van der Waals surface area contributed by atoms with E-state index < -0.39 is 0 Å². The van der Waals surface area contributed by atoms with E-state index in [9.17, 15) is 4.79 Å². The van der Waals surface area contributed by atoms with E-state index >= 15 is 0 Å². The van der Waals surface area contributed by atoms with Crippen LogP contribution in [0.5, 0.6) is 0 Å². The fraction of sp³-hybridized carbons (Fsp3) is 0.625. The lowest BCUT2D eigenvalue weighted by atomic mass is 9.83. The Hall–Kier alpha value is -2.21. The summed E-state index contributed by atoms with van der Waals surface area (Å²) in [6.45, 7) is 5.88. The Morgan fingerprint density at radius 1 is 1.20 bits per heavy atom. The number of likely N-dealkylation sites (tertiary alicyclic amines) is 1. The van der Waals surface area contributed by atoms with Gasteiger partial charge in [-0.2, -0.15) is 0 Å². The van der Waals surface area contributed by atoms with Crippen molar-refractivity contribution < 1.29 is 4.79 Å². The minimum absolute atomic E-state index is 0.000847. The Kier molecular flexibility index (Phi) is 7.16. The van der Waals surface area contributed by atoms with Crippen LogP contribution >= 0.6 is 0 Å². The molecule has 3 atom stereocenters. The lowest BCUT2D eigenvalue weighted by molar-refractivity contribution is 0.0853. The molecule has 6 heteroatoms. The van der Waals surface area contributed by atoms with Crippen molar-refractivity contribution in [1.29, 1.82) is 0 Å². The quantitative estimate of drug-likeness (QED) is 0.749. The van der Waals surface area contributed by atoms with Crippen molar-refractivity contribution in [2.24, 2.45) is 11.8 Å². The molecule has 6 nitrogen and oxygen atoms in total. The molecule has 0 bridgehead atoms. The summed E-state index contributed by atoms with van der Waals surface area (Å²) in [5.74, 6) is 2.19. The predicted molar refractivity (Wildman–Crippen MR) is 119 cm³/mol. The van der Waals surface area contributed by atoms with E-state index in [1.54, 1.807) is 18.7 Å². The van der Waals surface area contributed by atoms with Gasteiger partial charge in [0.2, 0.25) is 0 Å². The van der Waals surface area contributed by atoms with Crippen LogP contribution < -0.4 is 5.32 Å². The van der Waals surface area contributed by atoms with E-state index in [4.69, 9.17) is 0 Å². The average Bonchev–Trinajstić information content (AvgIpc) is 3.31. The molecule has 3 unspecified atom stereocenters. The molecule has 2 aliphatic rings. The fourth-order valence-corrected chi connectivity index (χ4v) is 5.23.